The lowest BCUT2D eigenvalue weighted by Gasteiger charge is -2.11. The van der Waals surface area contributed by atoms with Gasteiger partial charge >= 0.3 is 0 Å². The Morgan fingerprint density at radius 1 is 1.53 bits per heavy atom. The monoisotopic (exact) mass is 211 g/mol. The fourth-order valence-corrected chi connectivity index (χ4v) is 1.47. The minimum absolute atomic E-state index is 0.122. The largest absolute Gasteiger partial charge is 0.493 e. The second-order valence-corrected chi connectivity index (χ2v) is 3.25. The average molecular weight is 211 g/mol. The molecule has 0 radical (unpaired) electrons. The molecule has 0 aromatic heterocycles. The first kappa shape index (κ1) is 10.1. The molecule has 0 amide bonds. The summed E-state index contributed by atoms with van der Waals surface area (Å²) in [6.07, 6.45) is 0. The maximum absolute atomic E-state index is 8.96. The Morgan fingerprint density at radius 2 is 2.33 bits per heavy atom. The fourth-order valence-electron chi connectivity index (χ4n) is 1.47. The second kappa shape index (κ2) is 3.96. The number of rotatable bonds is 3. The van der Waals surface area contributed by atoms with Crippen LogP contribution in [0.5, 0.6) is 17.2 Å². The van der Waals surface area contributed by atoms with E-state index in [0.717, 1.165) is 5.56 Å². The molecule has 0 aliphatic carbocycles. The number of fused-ring (bicyclic) bond motifs is 1. The average Bonchev–Trinajstić information content (AvgIpc) is 2.74. The van der Waals surface area contributed by atoms with Gasteiger partial charge in [0.05, 0.1) is 19.8 Å². The van der Waals surface area contributed by atoms with Crippen LogP contribution < -0.4 is 19.9 Å². The zero-order valence-corrected chi connectivity index (χ0v) is 8.40. The summed E-state index contributed by atoms with van der Waals surface area (Å²) in [6, 6.07) is 3.06. The molecule has 82 valence electrons. The van der Waals surface area contributed by atoms with E-state index in [1.165, 1.54) is 0 Å². The van der Waals surface area contributed by atoms with Gasteiger partial charge in [-0.15, -0.1) is 0 Å². The number of hydrogen-bond acceptors (Lipinski definition) is 5. The van der Waals surface area contributed by atoms with Crippen molar-refractivity contribution in [1.29, 1.82) is 0 Å². The minimum atomic E-state index is -0.437. The highest BCUT2D eigenvalue weighted by atomic mass is 16.7. The molecule has 1 unspecified atom stereocenters. The summed E-state index contributed by atoms with van der Waals surface area (Å²) >= 11 is 0. The van der Waals surface area contributed by atoms with Crippen molar-refractivity contribution in [2.45, 2.75) is 6.04 Å². The number of aliphatic hydroxyl groups excluding tert-OH is 1. The van der Waals surface area contributed by atoms with Gasteiger partial charge in [-0.1, -0.05) is 0 Å². The second-order valence-electron chi connectivity index (χ2n) is 3.25. The van der Waals surface area contributed by atoms with Gasteiger partial charge in [0.25, 0.3) is 0 Å². The van der Waals surface area contributed by atoms with Crippen molar-refractivity contribution in [1.82, 2.24) is 0 Å². The van der Waals surface area contributed by atoms with Gasteiger partial charge in [-0.25, -0.2) is 0 Å². The van der Waals surface area contributed by atoms with Gasteiger partial charge in [-0.05, 0) is 17.7 Å². The lowest BCUT2D eigenvalue weighted by molar-refractivity contribution is 0.171. The van der Waals surface area contributed by atoms with E-state index in [1.54, 1.807) is 19.2 Å². The molecule has 1 heterocycles. The normalized spacial score (nSPS) is 15.1. The number of benzene rings is 1. The highest BCUT2D eigenvalue weighted by molar-refractivity contribution is 5.55. The molecule has 1 atom stereocenters. The minimum Gasteiger partial charge on any atom is -0.493 e. The van der Waals surface area contributed by atoms with E-state index < -0.39 is 6.04 Å². The van der Waals surface area contributed by atoms with Crippen molar-refractivity contribution < 1.29 is 19.3 Å². The maximum Gasteiger partial charge on any atom is 0.231 e. The highest BCUT2D eigenvalue weighted by Crippen LogP contribution is 2.42. The molecular formula is C10H13NO4. The van der Waals surface area contributed by atoms with Crippen molar-refractivity contribution in [2.24, 2.45) is 5.73 Å². The molecule has 15 heavy (non-hydrogen) atoms. The third-order valence-electron chi connectivity index (χ3n) is 2.31. The molecule has 5 nitrogen and oxygen atoms in total. The molecule has 3 N–H and O–H groups in total. The third kappa shape index (κ3) is 1.71. The molecule has 5 heteroatoms. The van der Waals surface area contributed by atoms with E-state index in [-0.39, 0.29) is 13.4 Å². The standard InChI is InChI=1S/C10H13NO4/c1-13-8-2-6(7(11)4-12)3-9-10(8)15-5-14-9/h2-3,7,12H,4-5,11H2,1H3. The topological polar surface area (TPSA) is 73.9 Å². The summed E-state index contributed by atoms with van der Waals surface area (Å²) in [5.41, 5.74) is 6.47. The van der Waals surface area contributed by atoms with E-state index in [2.05, 4.69) is 0 Å². The summed E-state index contributed by atoms with van der Waals surface area (Å²) in [6.45, 7) is 0.0618. The first-order chi connectivity index (χ1) is 7.26. The first-order valence-corrected chi connectivity index (χ1v) is 4.60. The molecule has 1 aromatic carbocycles. The van der Waals surface area contributed by atoms with Crippen LogP contribution in [0.2, 0.25) is 0 Å². The Hall–Kier alpha value is -1.46. The van der Waals surface area contributed by atoms with Crippen molar-refractivity contribution in [2.75, 3.05) is 20.5 Å². The molecule has 1 aliphatic heterocycles. The van der Waals surface area contributed by atoms with Crippen molar-refractivity contribution >= 4 is 0 Å². The van der Waals surface area contributed by atoms with Gasteiger partial charge < -0.3 is 25.1 Å². The van der Waals surface area contributed by atoms with Gasteiger partial charge in [-0.3, -0.25) is 0 Å². The highest BCUT2D eigenvalue weighted by Gasteiger charge is 2.21. The molecule has 1 aliphatic rings. The summed E-state index contributed by atoms with van der Waals surface area (Å²) in [4.78, 5) is 0. The van der Waals surface area contributed by atoms with E-state index in [0.29, 0.717) is 17.2 Å². The molecule has 0 fully saturated rings. The van der Waals surface area contributed by atoms with Crippen LogP contribution in [0.1, 0.15) is 11.6 Å². The molecular weight excluding hydrogens is 198 g/mol. The van der Waals surface area contributed by atoms with Gasteiger partial charge in [0.1, 0.15) is 0 Å². The van der Waals surface area contributed by atoms with Crippen LogP contribution in [0, 0.1) is 0 Å². The van der Waals surface area contributed by atoms with Crippen molar-refractivity contribution in [3.05, 3.63) is 17.7 Å². The zero-order valence-electron chi connectivity index (χ0n) is 8.40. The summed E-state index contributed by atoms with van der Waals surface area (Å²) in [5, 5.41) is 8.96. The van der Waals surface area contributed by atoms with Gasteiger partial charge in [-0.2, -0.15) is 0 Å². The third-order valence-corrected chi connectivity index (χ3v) is 2.31. The Kier molecular flexibility index (Phi) is 2.66. The maximum atomic E-state index is 8.96. The van der Waals surface area contributed by atoms with E-state index in [4.69, 9.17) is 25.1 Å². The lowest BCUT2D eigenvalue weighted by Crippen LogP contribution is -2.14. The Labute approximate surface area is 87.4 Å². The molecule has 0 bridgehead atoms. The molecule has 1 aromatic rings. The van der Waals surface area contributed by atoms with Crippen LogP contribution in [0.25, 0.3) is 0 Å². The predicted octanol–water partition coefficient (Wildman–Crippen LogP) is 0.416. The summed E-state index contributed by atoms with van der Waals surface area (Å²) in [7, 11) is 1.55. The van der Waals surface area contributed by atoms with Crippen molar-refractivity contribution in [3.8, 4) is 17.2 Å². The number of aliphatic hydroxyl groups is 1. The zero-order chi connectivity index (χ0) is 10.8. The first-order valence-electron chi connectivity index (χ1n) is 4.60. The Bertz CT molecular complexity index is 367. The van der Waals surface area contributed by atoms with Crippen LogP contribution >= 0.6 is 0 Å². The predicted molar refractivity (Wildman–Crippen MR) is 53.1 cm³/mol. The molecule has 2 rings (SSSR count). The quantitative estimate of drug-likeness (QED) is 0.757. The summed E-state index contributed by atoms with van der Waals surface area (Å²) < 4.78 is 15.6. The van der Waals surface area contributed by atoms with Crippen LogP contribution in [0.3, 0.4) is 0 Å². The number of ether oxygens (including phenoxy) is 3. The van der Waals surface area contributed by atoms with Crippen molar-refractivity contribution in [3.63, 3.8) is 0 Å². The number of hydrogen-bond donors (Lipinski definition) is 2. The number of nitrogens with two attached hydrogens (primary N) is 1. The van der Waals surface area contributed by atoms with E-state index in [9.17, 15) is 0 Å². The van der Waals surface area contributed by atoms with Gasteiger partial charge in [0, 0.05) is 0 Å². The lowest BCUT2D eigenvalue weighted by atomic mass is 10.1. The van der Waals surface area contributed by atoms with E-state index in [1.807, 2.05) is 0 Å². The Balaban J connectivity index is 2.43. The van der Waals surface area contributed by atoms with Crippen LogP contribution in [-0.4, -0.2) is 25.6 Å². The van der Waals surface area contributed by atoms with Crippen LogP contribution in [0.15, 0.2) is 12.1 Å². The Morgan fingerprint density at radius 3 is 3.00 bits per heavy atom. The van der Waals surface area contributed by atoms with Crippen LogP contribution in [0.4, 0.5) is 0 Å². The summed E-state index contributed by atoms with van der Waals surface area (Å²) in [5.74, 6) is 1.77. The van der Waals surface area contributed by atoms with Crippen LogP contribution in [-0.2, 0) is 0 Å². The van der Waals surface area contributed by atoms with Gasteiger partial charge in [0.2, 0.25) is 12.5 Å². The molecule has 0 spiro atoms. The smallest absolute Gasteiger partial charge is 0.231 e. The SMILES string of the molecule is COc1cc(C(N)CO)cc2c1OCO2. The molecule has 0 saturated heterocycles. The van der Waals surface area contributed by atoms with E-state index >= 15 is 0 Å². The number of methoxy groups -OCH3 is 1. The van der Waals surface area contributed by atoms with Gasteiger partial charge in [0.15, 0.2) is 11.5 Å². The molecule has 0 saturated carbocycles. The fraction of sp³-hybridized carbons (Fsp3) is 0.400.